The van der Waals surface area contributed by atoms with Gasteiger partial charge in [0, 0.05) is 24.3 Å². The maximum Gasteiger partial charge on any atom is 0.233 e. The van der Waals surface area contributed by atoms with E-state index in [1.807, 2.05) is 11.1 Å². The van der Waals surface area contributed by atoms with Gasteiger partial charge in [-0.05, 0) is 38.8 Å². The van der Waals surface area contributed by atoms with Crippen molar-refractivity contribution in [2.45, 2.75) is 31.8 Å². The molecule has 0 spiro atoms. The van der Waals surface area contributed by atoms with E-state index in [-0.39, 0.29) is 5.91 Å². The van der Waals surface area contributed by atoms with Gasteiger partial charge in [-0.15, -0.1) is 0 Å². The van der Waals surface area contributed by atoms with E-state index in [1.54, 1.807) is 0 Å². The zero-order valence-corrected chi connectivity index (χ0v) is 17.2. The van der Waals surface area contributed by atoms with Crippen LogP contribution < -0.4 is 0 Å². The minimum Gasteiger partial charge on any atom is -0.342 e. The molecule has 3 aromatic rings. The molecule has 0 bridgehead atoms. The van der Waals surface area contributed by atoms with Crippen LogP contribution in [0.15, 0.2) is 59.9 Å². The van der Waals surface area contributed by atoms with Gasteiger partial charge in [-0.1, -0.05) is 59.3 Å². The van der Waals surface area contributed by atoms with Crippen molar-refractivity contribution in [1.82, 2.24) is 14.5 Å². The first-order valence-corrected chi connectivity index (χ1v) is 10.7. The summed E-state index contributed by atoms with van der Waals surface area (Å²) in [4.78, 5) is 19.1. The van der Waals surface area contributed by atoms with E-state index in [0.29, 0.717) is 5.75 Å². The molecule has 1 fully saturated rings. The third-order valence-corrected chi connectivity index (χ3v) is 6.09. The van der Waals surface area contributed by atoms with Crippen LogP contribution in [0.3, 0.4) is 0 Å². The number of amides is 1. The van der Waals surface area contributed by atoms with Crippen molar-refractivity contribution in [2.75, 3.05) is 18.8 Å². The van der Waals surface area contributed by atoms with Crippen LogP contribution in [-0.2, 0) is 4.79 Å². The Kier molecular flexibility index (Phi) is 5.53. The molecule has 1 saturated heterocycles. The predicted molar refractivity (Wildman–Crippen MR) is 115 cm³/mol. The molecule has 144 valence electrons. The van der Waals surface area contributed by atoms with Crippen molar-refractivity contribution in [1.29, 1.82) is 0 Å². The number of hydrogen-bond donors (Lipinski definition) is 0. The van der Waals surface area contributed by atoms with Gasteiger partial charge >= 0.3 is 0 Å². The fourth-order valence-electron chi connectivity index (χ4n) is 3.49. The van der Waals surface area contributed by atoms with E-state index in [1.165, 1.54) is 22.9 Å². The van der Waals surface area contributed by atoms with Crippen LogP contribution in [0.2, 0.25) is 0 Å². The van der Waals surface area contributed by atoms with Crippen molar-refractivity contribution in [3.63, 3.8) is 0 Å². The van der Waals surface area contributed by atoms with Gasteiger partial charge in [-0.3, -0.25) is 9.36 Å². The molecular formula is C23H25N3OS. The quantitative estimate of drug-likeness (QED) is 0.582. The van der Waals surface area contributed by atoms with E-state index >= 15 is 0 Å². The predicted octanol–water partition coefficient (Wildman–Crippen LogP) is 4.87. The number of thioether (sulfide) groups is 1. The van der Waals surface area contributed by atoms with Crippen LogP contribution in [0.1, 0.15) is 24.0 Å². The molecule has 2 aromatic carbocycles. The normalized spacial score (nSPS) is 13.9. The molecule has 4 rings (SSSR count). The van der Waals surface area contributed by atoms with Crippen LogP contribution >= 0.6 is 11.8 Å². The van der Waals surface area contributed by atoms with E-state index < -0.39 is 0 Å². The van der Waals surface area contributed by atoms with Crippen LogP contribution in [0.25, 0.3) is 16.9 Å². The molecule has 1 aliphatic rings. The number of hydrogen-bond acceptors (Lipinski definition) is 3. The van der Waals surface area contributed by atoms with Gasteiger partial charge in [0.1, 0.15) is 0 Å². The minimum atomic E-state index is 0.206. The highest BCUT2D eigenvalue weighted by atomic mass is 32.2. The average molecular weight is 392 g/mol. The number of aryl methyl sites for hydroxylation is 2. The molecule has 0 unspecified atom stereocenters. The summed E-state index contributed by atoms with van der Waals surface area (Å²) in [6.45, 7) is 5.95. The number of aromatic nitrogens is 2. The van der Waals surface area contributed by atoms with Gasteiger partial charge in [0.15, 0.2) is 5.16 Å². The molecular weight excluding hydrogens is 366 g/mol. The van der Waals surface area contributed by atoms with E-state index in [4.69, 9.17) is 0 Å². The Balaban J connectivity index is 1.66. The fraction of sp³-hybridized carbons (Fsp3) is 0.304. The lowest BCUT2D eigenvalue weighted by Crippen LogP contribution is -2.29. The molecule has 0 N–H and O–H groups in total. The number of rotatable bonds is 5. The third-order valence-electron chi connectivity index (χ3n) is 5.15. The summed E-state index contributed by atoms with van der Waals surface area (Å²) in [7, 11) is 0. The highest BCUT2D eigenvalue weighted by Crippen LogP contribution is 2.30. The summed E-state index contributed by atoms with van der Waals surface area (Å²) in [5.74, 6) is 0.633. The Labute approximate surface area is 170 Å². The summed E-state index contributed by atoms with van der Waals surface area (Å²) in [5.41, 5.74) is 5.68. The van der Waals surface area contributed by atoms with E-state index in [0.717, 1.165) is 48.0 Å². The SMILES string of the molecule is Cc1ccc(-c2cnc(SCC(=O)N3CCCC3)n2-c2ccc(C)cc2)cc1. The lowest BCUT2D eigenvalue weighted by atomic mass is 10.1. The number of likely N-dealkylation sites (tertiary alicyclic amines) is 1. The zero-order chi connectivity index (χ0) is 19.5. The molecule has 0 atom stereocenters. The second kappa shape index (κ2) is 8.23. The smallest absolute Gasteiger partial charge is 0.233 e. The maximum absolute atomic E-state index is 12.5. The second-order valence-corrected chi connectivity index (χ2v) is 8.28. The lowest BCUT2D eigenvalue weighted by molar-refractivity contribution is -0.127. The monoisotopic (exact) mass is 391 g/mol. The first-order valence-electron chi connectivity index (χ1n) is 9.74. The largest absolute Gasteiger partial charge is 0.342 e. The van der Waals surface area contributed by atoms with Gasteiger partial charge in [0.05, 0.1) is 17.6 Å². The zero-order valence-electron chi connectivity index (χ0n) is 16.4. The first kappa shape index (κ1) is 18.8. The molecule has 1 aliphatic heterocycles. The highest BCUT2D eigenvalue weighted by molar-refractivity contribution is 7.99. The minimum absolute atomic E-state index is 0.206. The number of benzene rings is 2. The Morgan fingerprint density at radius 3 is 2.21 bits per heavy atom. The Hall–Kier alpha value is -2.53. The average Bonchev–Trinajstić information content (AvgIpc) is 3.38. The topological polar surface area (TPSA) is 38.1 Å². The Morgan fingerprint density at radius 1 is 0.964 bits per heavy atom. The van der Waals surface area contributed by atoms with Gasteiger partial charge in [-0.2, -0.15) is 0 Å². The second-order valence-electron chi connectivity index (χ2n) is 7.34. The molecule has 2 heterocycles. The summed E-state index contributed by atoms with van der Waals surface area (Å²) in [5, 5.41) is 0.854. The van der Waals surface area contributed by atoms with E-state index in [9.17, 15) is 4.79 Å². The fourth-order valence-corrected chi connectivity index (χ4v) is 4.39. The summed E-state index contributed by atoms with van der Waals surface area (Å²) < 4.78 is 2.16. The number of imidazole rings is 1. The molecule has 0 radical (unpaired) electrons. The number of nitrogens with zero attached hydrogens (tertiary/aromatic N) is 3. The molecule has 1 aromatic heterocycles. The van der Waals surface area contributed by atoms with Gasteiger partial charge in [0.25, 0.3) is 0 Å². The van der Waals surface area contributed by atoms with Crippen molar-refractivity contribution < 1.29 is 4.79 Å². The number of carbonyl (C=O) groups is 1. The van der Waals surface area contributed by atoms with Gasteiger partial charge in [0.2, 0.25) is 5.91 Å². The number of carbonyl (C=O) groups excluding carboxylic acids is 1. The third kappa shape index (κ3) is 3.99. The Morgan fingerprint density at radius 2 is 1.57 bits per heavy atom. The first-order chi connectivity index (χ1) is 13.6. The standard InChI is InChI=1S/C23H25N3OS/c1-17-5-9-19(10-6-17)21-15-24-23(26(21)20-11-7-18(2)8-12-20)28-16-22(27)25-13-3-4-14-25/h5-12,15H,3-4,13-14,16H2,1-2H3. The highest BCUT2D eigenvalue weighted by Gasteiger charge is 2.20. The Bertz CT molecular complexity index is 955. The molecule has 0 aliphatic carbocycles. The van der Waals surface area contributed by atoms with Gasteiger partial charge < -0.3 is 4.90 Å². The summed E-state index contributed by atoms with van der Waals surface area (Å²) >= 11 is 1.52. The van der Waals surface area contributed by atoms with Crippen molar-refractivity contribution >= 4 is 17.7 Å². The maximum atomic E-state index is 12.5. The van der Waals surface area contributed by atoms with E-state index in [2.05, 4.69) is 71.9 Å². The van der Waals surface area contributed by atoms with Gasteiger partial charge in [-0.25, -0.2) is 4.98 Å². The lowest BCUT2D eigenvalue weighted by Gasteiger charge is -2.16. The van der Waals surface area contributed by atoms with Crippen LogP contribution in [0.5, 0.6) is 0 Å². The van der Waals surface area contributed by atoms with Crippen molar-refractivity contribution in [3.05, 3.63) is 65.9 Å². The summed E-state index contributed by atoms with van der Waals surface area (Å²) in [6.07, 6.45) is 4.14. The summed E-state index contributed by atoms with van der Waals surface area (Å²) in [6, 6.07) is 16.9. The molecule has 0 saturated carbocycles. The molecule has 4 nitrogen and oxygen atoms in total. The van der Waals surface area contributed by atoms with Crippen LogP contribution in [0, 0.1) is 13.8 Å². The van der Waals surface area contributed by atoms with Crippen molar-refractivity contribution in [3.8, 4) is 16.9 Å². The van der Waals surface area contributed by atoms with Crippen LogP contribution in [-0.4, -0.2) is 39.2 Å². The molecule has 28 heavy (non-hydrogen) atoms. The molecule has 1 amide bonds. The molecule has 5 heteroatoms. The van der Waals surface area contributed by atoms with Crippen molar-refractivity contribution in [2.24, 2.45) is 0 Å². The van der Waals surface area contributed by atoms with Crippen LogP contribution in [0.4, 0.5) is 0 Å².